The molecule has 0 atom stereocenters. The van der Waals surface area contributed by atoms with Crippen molar-refractivity contribution in [2.24, 2.45) is 0 Å². The Morgan fingerprint density at radius 1 is 1.38 bits per heavy atom. The number of ether oxygens (including phenoxy) is 2. The van der Waals surface area contributed by atoms with Gasteiger partial charge >= 0.3 is 0 Å². The summed E-state index contributed by atoms with van der Waals surface area (Å²) < 4.78 is 11.8. The van der Waals surface area contributed by atoms with Crippen LogP contribution < -0.4 is 9.47 Å². The topological polar surface area (TPSA) is 55.1 Å². The number of hydrogen-bond acceptors (Lipinski definition) is 6. The normalized spacial score (nSPS) is 11.2. The van der Waals surface area contributed by atoms with Crippen LogP contribution in [0, 0.1) is 11.3 Å². The van der Waals surface area contributed by atoms with E-state index in [1.807, 2.05) is 48.0 Å². The monoisotopic (exact) mass is 446 g/mol. The van der Waals surface area contributed by atoms with E-state index in [9.17, 15) is 5.26 Å². The van der Waals surface area contributed by atoms with Gasteiger partial charge in [0.25, 0.3) is 0 Å². The van der Waals surface area contributed by atoms with Crippen molar-refractivity contribution in [3.05, 3.63) is 50.1 Å². The zero-order valence-electron chi connectivity index (χ0n) is 14.2. The quantitative estimate of drug-likeness (QED) is 0.428. The van der Waals surface area contributed by atoms with Gasteiger partial charge in [-0.15, -0.1) is 22.7 Å². The minimum Gasteiger partial charge on any atom is -0.492 e. The molecule has 0 N–H and O–H groups in total. The Kier molecular flexibility index (Phi) is 6.09. The van der Waals surface area contributed by atoms with E-state index in [-0.39, 0.29) is 0 Å². The van der Waals surface area contributed by atoms with Gasteiger partial charge in [-0.2, -0.15) is 5.26 Å². The molecule has 3 rings (SSSR count). The standard InChI is InChI=1S/C19H15BrN2O2S2/c1-3-24-16-9-12(8-14(20)18(16)23-2)7-13(10-21)19-22-15(11-26-19)17-5-4-6-25-17/h4-9,11H,3H2,1-2H3/b13-7-. The molecule has 0 amide bonds. The average Bonchev–Trinajstić information content (AvgIpc) is 3.31. The maximum atomic E-state index is 9.61. The van der Waals surface area contributed by atoms with Crippen molar-refractivity contribution >= 4 is 50.3 Å². The Labute approximate surface area is 168 Å². The lowest BCUT2D eigenvalue weighted by molar-refractivity contribution is 0.310. The van der Waals surface area contributed by atoms with Crippen LogP contribution in [0.4, 0.5) is 0 Å². The molecule has 132 valence electrons. The van der Waals surface area contributed by atoms with Crippen LogP contribution in [0.1, 0.15) is 17.5 Å². The van der Waals surface area contributed by atoms with E-state index in [1.54, 1.807) is 18.4 Å². The lowest BCUT2D eigenvalue weighted by Gasteiger charge is -2.12. The summed E-state index contributed by atoms with van der Waals surface area (Å²) in [7, 11) is 1.60. The molecule has 0 radical (unpaired) electrons. The number of thiophene rings is 1. The number of hydrogen-bond donors (Lipinski definition) is 0. The van der Waals surface area contributed by atoms with E-state index >= 15 is 0 Å². The van der Waals surface area contributed by atoms with Crippen molar-refractivity contribution in [1.29, 1.82) is 5.26 Å². The summed E-state index contributed by atoms with van der Waals surface area (Å²) in [6.07, 6.45) is 1.81. The largest absolute Gasteiger partial charge is 0.492 e. The van der Waals surface area contributed by atoms with Gasteiger partial charge in [-0.05, 0) is 58.1 Å². The molecule has 0 unspecified atom stereocenters. The molecule has 2 heterocycles. The molecule has 2 aromatic heterocycles. The number of allylic oxidation sites excluding steroid dienone is 1. The van der Waals surface area contributed by atoms with Crippen LogP contribution >= 0.6 is 38.6 Å². The number of aromatic nitrogens is 1. The van der Waals surface area contributed by atoms with Crippen molar-refractivity contribution in [3.8, 4) is 28.1 Å². The molecule has 3 aromatic rings. The van der Waals surface area contributed by atoms with Gasteiger partial charge in [0.15, 0.2) is 11.5 Å². The van der Waals surface area contributed by atoms with Crippen LogP contribution in [0.15, 0.2) is 39.5 Å². The third kappa shape index (κ3) is 3.98. The van der Waals surface area contributed by atoms with E-state index in [1.165, 1.54) is 11.3 Å². The van der Waals surface area contributed by atoms with Crippen LogP contribution in [0.25, 0.3) is 22.2 Å². The number of methoxy groups -OCH3 is 1. The van der Waals surface area contributed by atoms with Crippen molar-refractivity contribution in [2.45, 2.75) is 6.92 Å². The van der Waals surface area contributed by atoms with Crippen LogP contribution in [-0.2, 0) is 0 Å². The Morgan fingerprint density at radius 3 is 2.88 bits per heavy atom. The number of halogens is 1. The van der Waals surface area contributed by atoms with Gasteiger partial charge in [0.05, 0.1) is 34.3 Å². The summed E-state index contributed by atoms with van der Waals surface area (Å²) in [5, 5.41) is 14.3. The molecule has 1 aromatic carbocycles. The van der Waals surface area contributed by atoms with Crippen LogP contribution in [-0.4, -0.2) is 18.7 Å². The predicted octanol–water partition coefficient (Wildman–Crippen LogP) is 6.11. The van der Waals surface area contributed by atoms with Gasteiger partial charge in [0, 0.05) is 5.38 Å². The summed E-state index contributed by atoms with van der Waals surface area (Å²) in [5.41, 5.74) is 2.25. The fourth-order valence-corrected chi connectivity index (χ4v) is 4.54. The molecule has 7 heteroatoms. The summed E-state index contributed by atoms with van der Waals surface area (Å²) in [6.45, 7) is 2.44. The van der Waals surface area contributed by atoms with Gasteiger partial charge in [-0.1, -0.05) is 6.07 Å². The SMILES string of the molecule is CCOc1cc(/C=C(/C#N)c2nc(-c3cccs3)cs2)cc(Br)c1OC. The molecule has 0 spiro atoms. The first-order chi connectivity index (χ1) is 12.7. The fourth-order valence-electron chi connectivity index (χ4n) is 2.38. The van der Waals surface area contributed by atoms with Crippen molar-refractivity contribution in [2.75, 3.05) is 13.7 Å². The maximum Gasteiger partial charge on any atom is 0.174 e. The summed E-state index contributed by atoms with van der Waals surface area (Å²) >= 11 is 6.59. The van der Waals surface area contributed by atoms with Gasteiger partial charge in [-0.3, -0.25) is 0 Å². The van der Waals surface area contributed by atoms with E-state index in [4.69, 9.17) is 9.47 Å². The second kappa shape index (κ2) is 8.49. The van der Waals surface area contributed by atoms with Gasteiger partial charge in [-0.25, -0.2) is 4.98 Å². The molecule has 0 bridgehead atoms. The minimum atomic E-state index is 0.511. The number of rotatable bonds is 6. The average molecular weight is 447 g/mol. The Balaban J connectivity index is 1.98. The molecule has 4 nitrogen and oxygen atoms in total. The molecule has 0 aliphatic rings. The highest BCUT2D eigenvalue weighted by Gasteiger charge is 2.13. The summed E-state index contributed by atoms with van der Waals surface area (Å²) in [6, 6.07) is 10.0. The second-order valence-corrected chi connectivity index (χ2v) is 7.81. The van der Waals surface area contributed by atoms with Crippen molar-refractivity contribution in [1.82, 2.24) is 4.98 Å². The molecule has 0 fully saturated rings. The molecular weight excluding hydrogens is 432 g/mol. The fraction of sp³-hybridized carbons (Fsp3) is 0.158. The van der Waals surface area contributed by atoms with Crippen molar-refractivity contribution < 1.29 is 9.47 Å². The predicted molar refractivity (Wildman–Crippen MR) is 111 cm³/mol. The first-order valence-electron chi connectivity index (χ1n) is 7.78. The van der Waals surface area contributed by atoms with Crippen LogP contribution in [0.2, 0.25) is 0 Å². The van der Waals surface area contributed by atoms with Gasteiger partial charge < -0.3 is 9.47 Å². The third-order valence-electron chi connectivity index (χ3n) is 3.48. The number of nitriles is 1. The lowest BCUT2D eigenvalue weighted by atomic mass is 10.1. The highest BCUT2D eigenvalue weighted by Crippen LogP contribution is 2.38. The zero-order valence-corrected chi connectivity index (χ0v) is 17.4. The lowest BCUT2D eigenvalue weighted by Crippen LogP contribution is -1.96. The number of thiazole rings is 1. The summed E-state index contributed by atoms with van der Waals surface area (Å²) in [4.78, 5) is 5.70. The Bertz CT molecular complexity index is 972. The molecule has 0 saturated heterocycles. The van der Waals surface area contributed by atoms with Crippen LogP contribution in [0.3, 0.4) is 0 Å². The first-order valence-corrected chi connectivity index (χ1v) is 10.3. The van der Waals surface area contributed by atoms with Crippen LogP contribution in [0.5, 0.6) is 11.5 Å². The molecular formula is C19H15BrN2O2S2. The molecule has 0 aliphatic heterocycles. The Morgan fingerprint density at radius 2 is 2.23 bits per heavy atom. The minimum absolute atomic E-state index is 0.511. The van der Waals surface area contributed by atoms with Gasteiger partial charge in [0.1, 0.15) is 11.1 Å². The molecule has 26 heavy (non-hydrogen) atoms. The second-order valence-electron chi connectivity index (χ2n) is 5.15. The first kappa shape index (κ1) is 18.6. The van der Waals surface area contributed by atoms with E-state index in [2.05, 4.69) is 27.0 Å². The summed E-state index contributed by atoms with van der Waals surface area (Å²) in [5.74, 6) is 1.27. The van der Waals surface area contributed by atoms with E-state index < -0.39 is 0 Å². The maximum absolute atomic E-state index is 9.61. The molecule has 0 aliphatic carbocycles. The highest BCUT2D eigenvalue weighted by atomic mass is 79.9. The van der Waals surface area contributed by atoms with Crippen molar-refractivity contribution in [3.63, 3.8) is 0 Å². The zero-order chi connectivity index (χ0) is 18.5. The number of benzene rings is 1. The third-order valence-corrected chi connectivity index (χ3v) is 5.83. The molecule has 0 saturated carbocycles. The highest BCUT2D eigenvalue weighted by molar-refractivity contribution is 9.10. The van der Waals surface area contributed by atoms with E-state index in [0.717, 1.165) is 20.6 Å². The van der Waals surface area contributed by atoms with E-state index in [0.29, 0.717) is 28.7 Å². The Hall–Kier alpha value is -2.14. The van der Waals surface area contributed by atoms with Gasteiger partial charge in [0.2, 0.25) is 0 Å². The smallest absolute Gasteiger partial charge is 0.174 e. The number of nitrogens with zero attached hydrogens (tertiary/aromatic N) is 2.